The molecule has 7 heteroatoms. The quantitative estimate of drug-likeness (QED) is 0.591. The van der Waals surface area contributed by atoms with Crippen molar-refractivity contribution < 1.29 is 19.1 Å². The lowest BCUT2D eigenvalue weighted by Gasteiger charge is -2.32. The van der Waals surface area contributed by atoms with E-state index in [1.165, 1.54) is 5.56 Å². The highest BCUT2D eigenvalue weighted by Gasteiger charge is 2.24. The van der Waals surface area contributed by atoms with Crippen molar-refractivity contribution in [2.45, 2.75) is 38.6 Å². The number of rotatable bonds is 9. The monoisotopic (exact) mass is 437 g/mol. The zero-order valence-electron chi connectivity index (χ0n) is 18.5. The zero-order valence-corrected chi connectivity index (χ0v) is 18.5. The van der Waals surface area contributed by atoms with Gasteiger partial charge in [0, 0.05) is 31.1 Å². The van der Waals surface area contributed by atoms with Crippen LogP contribution in [0.4, 0.5) is 0 Å². The summed E-state index contributed by atoms with van der Waals surface area (Å²) in [7, 11) is 0. The molecule has 2 N–H and O–H groups in total. The number of carbonyl (C=O) groups excluding carboxylic acids is 3. The Hall–Kier alpha value is -3.35. The summed E-state index contributed by atoms with van der Waals surface area (Å²) in [4.78, 5) is 38.4. The molecule has 0 radical (unpaired) electrons. The average molecular weight is 438 g/mol. The van der Waals surface area contributed by atoms with Crippen molar-refractivity contribution in [2.24, 2.45) is 0 Å². The van der Waals surface area contributed by atoms with E-state index in [1.807, 2.05) is 37.3 Å². The number of hydrogen-bond acceptors (Lipinski definition) is 4. The fourth-order valence-electron chi connectivity index (χ4n) is 3.59. The lowest BCUT2D eigenvalue weighted by atomic mass is 10.0. The number of piperidine rings is 1. The molecule has 0 unspecified atom stereocenters. The van der Waals surface area contributed by atoms with Crippen LogP contribution < -0.4 is 15.4 Å². The summed E-state index contributed by atoms with van der Waals surface area (Å²) in [6.45, 7) is 3.64. The largest absolute Gasteiger partial charge is 0.494 e. The Balaban J connectivity index is 1.28. The molecule has 3 rings (SSSR count). The van der Waals surface area contributed by atoms with Gasteiger partial charge in [0.1, 0.15) is 5.75 Å². The minimum absolute atomic E-state index is 0.0115. The molecule has 1 aliphatic heterocycles. The van der Waals surface area contributed by atoms with E-state index in [9.17, 15) is 14.4 Å². The summed E-state index contributed by atoms with van der Waals surface area (Å²) in [5.74, 6) is 0.463. The Morgan fingerprint density at radius 2 is 1.69 bits per heavy atom. The molecule has 32 heavy (non-hydrogen) atoms. The highest BCUT2D eigenvalue weighted by atomic mass is 16.5. The van der Waals surface area contributed by atoms with Crippen molar-refractivity contribution >= 4 is 17.7 Å². The summed E-state index contributed by atoms with van der Waals surface area (Å²) in [6, 6.07) is 16.8. The second-order valence-electron chi connectivity index (χ2n) is 8.04. The third-order valence-electron chi connectivity index (χ3n) is 5.49. The van der Waals surface area contributed by atoms with Gasteiger partial charge in [0.05, 0.1) is 13.2 Å². The van der Waals surface area contributed by atoms with Crippen LogP contribution in [-0.2, 0) is 9.59 Å². The Morgan fingerprint density at radius 1 is 1.00 bits per heavy atom. The summed E-state index contributed by atoms with van der Waals surface area (Å²) in [5.41, 5.74) is 1.72. The third-order valence-corrected chi connectivity index (χ3v) is 5.49. The van der Waals surface area contributed by atoms with Gasteiger partial charge >= 0.3 is 0 Å². The summed E-state index contributed by atoms with van der Waals surface area (Å²) in [6.07, 6.45) is 2.49. The van der Waals surface area contributed by atoms with Crippen LogP contribution in [0.3, 0.4) is 0 Å². The number of nitrogens with zero attached hydrogens (tertiary/aromatic N) is 1. The standard InChI is InChI=1S/C25H31N3O4/c1-19-9-11-22(12-10-19)32-17-5-8-23(29)27-21-13-15-28(16-14-21)24(30)18-26-25(31)20-6-3-2-4-7-20/h2-4,6-7,9-12,21H,5,8,13-18H2,1H3,(H,26,31)(H,27,29). The number of amides is 3. The van der Waals surface area contributed by atoms with E-state index >= 15 is 0 Å². The van der Waals surface area contributed by atoms with E-state index in [0.29, 0.717) is 50.9 Å². The molecule has 1 saturated heterocycles. The maximum atomic E-state index is 12.4. The van der Waals surface area contributed by atoms with Crippen molar-refractivity contribution in [1.82, 2.24) is 15.5 Å². The van der Waals surface area contributed by atoms with Gasteiger partial charge in [-0.1, -0.05) is 35.9 Å². The number of ether oxygens (including phenoxy) is 1. The smallest absolute Gasteiger partial charge is 0.251 e. The second-order valence-corrected chi connectivity index (χ2v) is 8.04. The normalized spacial score (nSPS) is 14.0. The van der Waals surface area contributed by atoms with Gasteiger partial charge in [-0.05, 0) is 50.5 Å². The number of hydrogen-bond donors (Lipinski definition) is 2. The molecule has 170 valence electrons. The first-order valence-electron chi connectivity index (χ1n) is 11.1. The number of nitrogens with one attached hydrogen (secondary N) is 2. The van der Waals surface area contributed by atoms with Crippen molar-refractivity contribution in [3.05, 3.63) is 65.7 Å². The Kier molecular flexibility index (Phi) is 8.66. The number of aryl methyl sites for hydroxylation is 1. The summed E-state index contributed by atoms with van der Waals surface area (Å²) >= 11 is 0. The fraction of sp³-hybridized carbons (Fsp3) is 0.400. The molecule has 0 bridgehead atoms. The van der Waals surface area contributed by atoms with Gasteiger partial charge in [-0.15, -0.1) is 0 Å². The van der Waals surface area contributed by atoms with Crippen molar-refractivity contribution in [2.75, 3.05) is 26.2 Å². The van der Waals surface area contributed by atoms with E-state index < -0.39 is 0 Å². The molecule has 2 aromatic carbocycles. The zero-order chi connectivity index (χ0) is 22.8. The lowest BCUT2D eigenvalue weighted by molar-refractivity contribution is -0.131. The molecule has 0 saturated carbocycles. The molecule has 1 aliphatic rings. The first-order chi connectivity index (χ1) is 15.5. The first-order valence-corrected chi connectivity index (χ1v) is 11.1. The molecule has 0 atom stereocenters. The Morgan fingerprint density at radius 3 is 2.38 bits per heavy atom. The van der Waals surface area contributed by atoms with Crippen molar-refractivity contribution in [1.29, 1.82) is 0 Å². The molecular weight excluding hydrogens is 406 g/mol. The minimum Gasteiger partial charge on any atom is -0.494 e. The summed E-state index contributed by atoms with van der Waals surface area (Å²) in [5, 5.41) is 5.72. The van der Waals surface area contributed by atoms with Crippen LogP contribution in [0.15, 0.2) is 54.6 Å². The van der Waals surface area contributed by atoms with Gasteiger partial charge in [-0.3, -0.25) is 14.4 Å². The molecule has 1 fully saturated rings. The number of likely N-dealkylation sites (tertiary alicyclic amines) is 1. The summed E-state index contributed by atoms with van der Waals surface area (Å²) < 4.78 is 5.66. The van der Waals surface area contributed by atoms with Crippen molar-refractivity contribution in [3.63, 3.8) is 0 Å². The van der Waals surface area contributed by atoms with E-state index in [4.69, 9.17) is 4.74 Å². The Bertz CT molecular complexity index is 891. The molecule has 2 aromatic rings. The maximum Gasteiger partial charge on any atom is 0.251 e. The van der Waals surface area contributed by atoms with Gasteiger partial charge < -0.3 is 20.3 Å². The van der Waals surface area contributed by atoms with Gasteiger partial charge in [-0.2, -0.15) is 0 Å². The molecule has 0 aliphatic carbocycles. The van der Waals surface area contributed by atoms with Crippen LogP contribution in [0.5, 0.6) is 5.75 Å². The van der Waals surface area contributed by atoms with Crippen molar-refractivity contribution in [3.8, 4) is 5.75 Å². The fourth-order valence-corrected chi connectivity index (χ4v) is 3.59. The predicted octanol–water partition coefficient (Wildman–Crippen LogP) is 2.69. The van der Waals surface area contributed by atoms with E-state index in [1.54, 1.807) is 29.2 Å². The van der Waals surface area contributed by atoms with Crippen LogP contribution in [0, 0.1) is 6.92 Å². The maximum absolute atomic E-state index is 12.4. The highest BCUT2D eigenvalue weighted by molar-refractivity contribution is 5.96. The second kappa shape index (κ2) is 11.9. The van der Waals surface area contributed by atoms with E-state index in [-0.39, 0.29) is 30.3 Å². The minimum atomic E-state index is -0.257. The molecule has 1 heterocycles. The van der Waals surface area contributed by atoms with Crippen LogP contribution in [0.1, 0.15) is 41.6 Å². The SMILES string of the molecule is Cc1ccc(OCCCC(=O)NC2CCN(C(=O)CNC(=O)c3ccccc3)CC2)cc1. The van der Waals surface area contributed by atoms with Gasteiger partial charge in [0.2, 0.25) is 11.8 Å². The molecule has 3 amide bonds. The average Bonchev–Trinajstić information content (AvgIpc) is 2.82. The molecule has 7 nitrogen and oxygen atoms in total. The number of benzene rings is 2. The van der Waals surface area contributed by atoms with Crippen LogP contribution in [0.25, 0.3) is 0 Å². The number of carbonyl (C=O) groups is 3. The van der Waals surface area contributed by atoms with Crippen LogP contribution >= 0.6 is 0 Å². The van der Waals surface area contributed by atoms with Crippen LogP contribution in [-0.4, -0.2) is 54.9 Å². The van der Waals surface area contributed by atoms with E-state index in [0.717, 1.165) is 5.75 Å². The van der Waals surface area contributed by atoms with Crippen LogP contribution in [0.2, 0.25) is 0 Å². The third kappa shape index (κ3) is 7.41. The van der Waals surface area contributed by atoms with E-state index in [2.05, 4.69) is 10.6 Å². The molecular formula is C25H31N3O4. The first kappa shape index (κ1) is 23.3. The van der Waals surface area contributed by atoms with Gasteiger partial charge in [0.25, 0.3) is 5.91 Å². The molecule has 0 aromatic heterocycles. The lowest BCUT2D eigenvalue weighted by Crippen LogP contribution is -2.49. The van der Waals surface area contributed by atoms with Gasteiger partial charge in [-0.25, -0.2) is 0 Å². The molecule has 0 spiro atoms. The topological polar surface area (TPSA) is 87.7 Å². The predicted molar refractivity (Wildman–Crippen MR) is 122 cm³/mol. The Labute approximate surface area is 189 Å². The van der Waals surface area contributed by atoms with Gasteiger partial charge in [0.15, 0.2) is 0 Å². The highest BCUT2D eigenvalue weighted by Crippen LogP contribution is 2.13.